The number of aliphatic hydroxyl groups is 1. The fraction of sp³-hybridized carbons (Fsp3) is 0.850. The van der Waals surface area contributed by atoms with Gasteiger partial charge in [0.2, 0.25) is 0 Å². The molecule has 0 spiro atoms. The maximum absolute atomic E-state index is 10.3. The molecule has 27 heavy (non-hydrogen) atoms. The van der Waals surface area contributed by atoms with Crippen molar-refractivity contribution in [2.75, 3.05) is 0 Å². The molecule has 0 aliphatic rings. The van der Waals surface area contributed by atoms with E-state index in [-0.39, 0.29) is 0 Å². The van der Waals surface area contributed by atoms with E-state index < -0.39 is 36.4 Å². The first kappa shape index (κ1) is 27.6. The van der Waals surface area contributed by atoms with Gasteiger partial charge in [-0.25, -0.2) is 4.79 Å². The van der Waals surface area contributed by atoms with Gasteiger partial charge in [-0.1, -0.05) is 90.9 Å². The van der Waals surface area contributed by atoms with Crippen LogP contribution >= 0.6 is 0 Å². The van der Waals surface area contributed by atoms with E-state index >= 15 is 0 Å². The molecular formula is C20H38O7. The summed E-state index contributed by atoms with van der Waals surface area (Å²) in [5, 5.41) is 33.8. The zero-order valence-electron chi connectivity index (χ0n) is 16.9. The van der Waals surface area contributed by atoms with Crippen molar-refractivity contribution in [1.82, 2.24) is 0 Å². The van der Waals surface area contributed by atoms with Crippen molar-refractivity contribution >= 4 is 17.9 Å². The number of aliphatic carboxylic acids is 3. The van der Waals surface area contributed by atoms with E-state index in [1.54, 1.807) is 0 Å². The molecule has 0 aromatic carbocycles. The van der Waals surface area contributed by atoms with Crippen molar-refractivity contribution in [2.45, 2.75) is 109 Å². The first-order valence-electron chi connectivity index (χ1n) is 10.1. The first-order valence-corrected chi connectivity index (χ1v) is 10.1. The van der Waals surface area contributed by atoms with Crippen LogP contribution in [0.15, 0.2) is 0 Å². The summed E-state index contributed by atoms with van der Waals surface area (Å²) in [6.45, 7) is 4.57. The van der Waals surface area contributed by atoms with Crippen LogP contribution in [0.2, 0.25) is 0 Å². The Labute approximate surface area is 162 Å². The Morgan fingerprint density at radius 3 is 1.04 bits per heavy atom. The molecular weight excluding hydrogens is 352 g/mol. The molecule has 0 amide bonds. The van der Waals surface area contributed by atoms with Crippen molar-refractivity contribution in [3.05, 3.63) is 0 Å². The summed E-state index contributed by atoms with van der Waals surface area (Å²) in [6.07, 6.45) is 15.1. The SMILES string of the molecule is CCCCCCCCCCCCCC.O=C(O)CC(O)(CC(=O)O)C(=O)O. The maximum Gasteiger partial charge on any atom is 0.336 e. The highest BCUT2D eigenvalue weighted by molar-refractivity contribution is 5.88. The minimum absolute atomic E-state index is 1.14. The third kappa shape index (κ3) is 18.9. The standard InChI is InChI=1S/C14H30.C6H8O7/c1-3-5-7-9-11-13-14-12-10-8-6-4-2;7-3(8)1-6(13,5(11)12)2-4(9)10/h3-14H2,1-2H3;13H,1-2H2,(H,7,8)(H,9,10)(H,11,12). The molecule has 0 radical (unpaired) electrons. The average Bonchev–Trinajstić information content (AvgIpc) is 2.55. The largest absolute Gasteiger partial charge is 0.481 e. The van der Waals surface area contributed by atoms with Gasteiger partial charge in [0, 0.05) is 0 Å². The lowest BCUT2D eigenvalue weighted by Crippen LogP contribution is -2.42. The van der Waals surface area contributed by atoms with E-state index in [4.69, 9.17) is 20.4 Å². The summed E-state index contributed by atoms with van der Waals surface area (Å²) in [4.78, 5) is 30.5. The third-order valence-electron chi connectivity index (χ3n) is 4.24. The van der Waals surface area contributed by atoms with Crippen molar-refractivity contribution in [3.63, 3.8) is 0 Å². The Kier molecular flexibility index (Phi) is 18.2. The fourth-order valence-electron chi connectivity index (χ4n) is 2.63. The molecule has 0 fully saturated rings. The van der Waals surface area contributed by atoms with Crippen LogP contribution in [0.1, 0.15) is 104 Å². The molecule has 0 heterocycles. The number of hydrogen-bond acceptors (Lipinski definition) is 4. The molecule has 0 saturated carbocycles. The molecule has 160 valence electrons. The van der Waals surface area contributed by atoms with E-state index in [2.05, 4.69) is 13.8 Å². The molecule has 4 N–H and O–H groups in total. The molecule has 0 atom stereocenters. The number of carboxylic acid groups (broad SMARTS) is 3. The molecule has 7 heteroatoms. The Morgan fingerprint density at radius 1 is 0.593 bits per heavy atom. The summed E-state index contributed by atoms with van der Waals surface area (Å²) in [6, 6.07) is 0. The van der Waals surface area contributed by atoms with Gasteiger partial charge in [-0.2, -0.15) is 0 Å². The normalized spacial score (nSPS) is 10.8. The highest BCUT2D eigenvalue weighted by atomic mass is 16.4. The van der Waals surface area contributed by atoms with Crippen molar-refractivity contribution in [2.24, 2.45) is 0 Å². The van der Waals surface area contributed by atoms with E-state index in [1.165, 1.54) is 77.0 Å². The highest BCUT2D eigenvalue weighted by Gasteiger charge is 2.40. The topological polar surface area (TPSA) is 132 Å². The lowest BCUT2D eigenvalue weighted by molar-refractivity contribution is -0.170. The van der Waals surface area contributed by atoms with Gasteiger partial charge >= 0.3 is 17.9 Å². The predicted octanol–water partition coefficient (Wildman–Crippen LogP) is 4.46. The minimum Gasteiger partial charge on any atom is -0.481 e. The molecule has 0 rings (SSSR count). The van der Waals surface area contributed by atoms with Crippen molar-refractivity contribution in [1.29, 1.82) is 0 Å². The van der Waals surface area contributed by atoms with Gasteiger partial charge in [0.1, 0.15) is 0 Å². The van der Waals surface area contributed by atoms with Gasteiger partial charge in [-0.15, -0.1) is 0 Å². The van der Waals surface area contributed by atoms with Gasteiger partial charge in [0.05, 0.1) is 12.8 Å². The number of hydrogen-bond donors (Lipinski definition) is 4. The molecule has 0 saturated heterocycles. The predicted molar refractivity (Wildman–Crippen MR) is 104 cm³/mol. The summed E-state index contributed by atoms with van der Waals surface area (Å²) < 4.78 is 0. The van der Waals surface area contributed by atoms with E-state index in [0.717, 1.165) is 0 Å². The van der Waals surface area contributed by atoms with Crippen LogP contribution in [0.4, 0.5) is 0 Å². The summed E-state index contributed by atoms with van der Waals surface area (Å²) in [5.74, 6) is -5.02. The van der Waals surface area contributed by atoms with E-state index in [1.807, 2.05) is 0 Å². The average molecular weight is 391 g/mol. The number of carbonyl (C=O) groups is 3. The number of carboxylic acids is 3. The minimum atomic E-state index is -2.74. The zero-order valence-corrected chi connectivity index (χ0v) is 16.9. The number of rotatable bonds is 16. The maximum atomic E-state index is 10.3. The summed E-state index contributed by atoms with van der Waals surface area (Å²) >= 11 is 0. The van der Waals surface area contributed by atoms with Gasteiger partial charge in [0.15, 0.2) is 5.60 Å². The zero-order chi connectivity index (χ0) is 21.1. The Bertz CT molecular complexity index is 379. The van der Waals surface area contributed by atoms with Gasteiger partial charge in [-0.05, 0) is 0 Å². The lowest BCUT2D eigenvalue weighted by Gasteiger charge is -2.18. The van der Waals surface area contributed by atoms with Crippen LogP contribution < -0.4 is 0 Å². The Balaban J connectivity index is 0. The smallest absolute Gasteiger partial charge is 0.336 e. The third-order valence-corrected chi connectivity index (χ3v) is 4.24. The molecule has 0 aromatic rings. The van der Waals surface area contributed by atoms with Crippen molar-refractivity contribution in [3.8, 4) is 0 Å². The second-order valence-electron chi connectivity index (χ2n) is 7.01. The number of unbranched alkanes of at least 4 members (excludes halogenated alkanes) is 11. The molecule has 0 unspecified atom stereocenters. The van der Waals surface area contributed by atoms with Gasteiger partial charge in [0.25, 0.3) is 0 Å². The van der Waals surface area contributed by atoms with Crippen LogP contribution in [0.5, 0.6) is 0 Å². The van der Waals surface area contributed by atoms with Gasteiger partial charge in [-0.3, -0.25) is 9.59 Å². The Morgan fingerprint density at radius 2 is 0.852 bits per heavy atom. The molecule has 0 aliphatic carbocycles. The van der Waals surface area contributed by atoms with E-state index in [0.29, 0.717) is 0 Å². The van der Waals surface area contributed by atoms with Crippen LogP contribution in [-0.2, 0) is 14.4 Å². The quantitative estimate of drug-likeness (QED) is 0.286. The van der Waals surface area contributed by atoms with Crippen LogP contribution in [-0.4, -0.2) is 43.9 Å². The molecule has 0 aliphatic heterocycles. The monoisotopic (exact) mass is 390 g/mol. The first-order chi connectivity index (χ1) is 12.7. The van der Waals surface area contributed by atoms with Crippen molar-refractivity contribution < 1.29 is 34.8 Å². The van der Waals surface area contributed by atoms with Crippen LogP contribution in [0, 0.1) is 0 Å². The lowest BCUT2D eigenvalue weighted by atomic mass is 9.96. The van der Waals surface area contributed by atoms with Gasteiger partial charge < -0.3 is 20.4 Å². The van der Waals surface area contributed by atoms with Crippen LogP contribution in [0.3, 0.4) is 0 Å². The Hall–Kier alpha value is -1.63. The van der Waals surface area contributed by atoms with Crippen LogP contribution in [0.25, 0.3) is 0 Å². The molecule has 0 bridgehead atoms. The highest BCUT2D eigenvalue weighted by Crippen LogP contribution is 2.15. The summed E-state index contributed by atoms with van der Waals surface area (Å²) in [7, 11) is 0. The summed E-state index contributed by atoms with van der Waals surface area (Å²) in [5.41, 5.74) is -2.74. The second-order valence-corrected chi connectivity index (χ2v) is 7.01. The molecule has 0 aromatic heterocycles. The van der Waals surface area contributed by atoms with E-state index in [9.17, 15) is 14.4 Å². The molecule has 7 nitrogen and oxygen atoms in total. The fourth-order valence-corrected chi connectivity index (χ4v) is 2.63. The second kappa shape index (κ2) is 17.8.